The standard InChI is InChI=1S/C10H9FN2O/c11-8-3-1-7(2-4-8)5-10-9(12)6-13-14-10/h1-4,6H,5,12H2. The highest BCUT2D eigenvalue weighted by atomic mass is 19.1. The number of nitrogens with zero attached hydrogens (tertiary/aromatic N) is 1. The molecule has 0 spiro atoms. The molecule has 0 aliphatic rings. The average Bonchev–Trinajstić information content (AvgIpc) is 2.56. The first kappa shape index (κ1) is 8.74. The van der Waals surface area contributed by atoms with Gasteiger partial charge in [0.25, 0.3) is 0 Å². The first-order valence-corrected chi connectivity index (χ1v) is 4.19. The smallest absolute Gasteiger partial charge is 0.163 e. The third kappa shape index (κ3) is 1.74. The molecule has 0 unspecified atom stereocenters. The Bertz CT molecular complexity index is 422. The molecule has 0 atom stereocenters. The van der Waals surface area contributed by atoms with Crippen LogP contribution >= 0.6 is 0 Å². The fourth-order valence-corrected chi connectivity index (χ4v) is 1.19. The maximum atomic E-state index is 12.6. The van der Waals surface area contributed by atoms with Crippen LogP contribution in [0.25, 0.3) is 0 Å². The summed E-state index contributed by atoms with van der Waals surface area (Å²) in [6, 6.07) is 6.19. The number of anilines is 1. The minimum atomic E-state index is -0.251. The fourth-order valence-electron chi connectivity index (χ4n) is 1.19. The van der Waals surface area contributed by atoms with Crippen LogP contribution in [0.2, 0.25) is 0 Å². The van der Waals surface area contributed by atoms with Crippen molar-refractivity contribution in [2.24, 2.45) is 0 Å². The second kappa shape index (κ2) is 3.49. The lowest BCUT2D eigenvalue weighted by molar-refractivity contribution is 0.390. The van der Waals surface area contributed by atoms with Gasteiger partial charge in [-0.25, -0.2) is 4.39 Å². The van der Waals surface area contributed by atoms with Crippen LogP contribution in [0.4, 0.5) is 10.1 Å². The molecule has 0 saturated carbocycles. The van der Waals surface area contributed by atoms with Gasteiger partial charge in [0.1, 0.15) is 5.82 Å². The summed E-state index contributed by atoms with van der Waals surface area (Å²) >= 11 is 0. The molecule has 1 heterocycles. The quantitative estimate of drug-likeness (QED) is 0.791. The maximum Gasteiger partial charge on any atom is 0.163 e. The van der Waals surface area contributed by atoms with Gasteiger partial charge < -0.3 is 10.3 Å². The first-order valence-electron chi connectivity index (χ1n) is 4.19. The van der Waals surface area contributed by atoms with Crippen molar-refractivity contribution in [2.45, 2.75) is 6.42 Å². The van der Waals surface area contributed by atoms with E-state index in [2.05, 4.69) is 5.16 Å². The number of halogens is 1. The van der Waals surface area contributed by atoms with Gasteiger partial charge in [-0.05, 0) is 17.7 Å². The molecule has 0 aliphatic carbocycles. The van der Waals surface area contributed by atoms with Crippen molar-refractivity contribution >= 4 is 5.69 Å². The summed E-state index contributed by atoms with van der Waals surface area (Å²) in [5, 5.41) is 3.56. The summed E-state index contributed by atoms with van der Waals surface area (Å²) < 4.78 is 17.5. The highest BCUT2D eigenvalue weighted by Gasteiger charge is 2.05. The lowest BCUT2D eigenvalue weighted by Gasteiger charge is -1.97. The number of hydrogen-bond donors (Lipinski definition) is 1. The lowest BCUT2D eigenvalue weighted by atomic mass is 10.1. The molecule has 1 aromatic carbocycles. The Balaban J connectivity index is 2.19. The molecule has 0 aliphatic heterocycles. The highest BCUT2D eigenvalue weighted by molar-refractivity contribution is 5.40. The Morgan fingerprint density at radius 1 is 1.29 bits per heavy atom. The number of aromatic nitrogens is 1. The Hall–Kier alpha value is -1.84. The van der Waals surface area contributed by atoms with Crippen molar-refractivity contribution < 1.29 is 8.91 Å². The molecule has 1 aromatic heterocycles. The van der Waals surface area contributed by atoms with E-state index in [1.807, 2.05) is 0 Å². The molecule has 0 saturated heterocycles. The molecule has 2 aromatic rings. The third-order valence-corrected chi connectivity index (χ3v) is 1.95. The molecule has 3 nitrogen and oxygen atoms in total. The Morgan fingerprint density at radius 2 is 2.00 bits per heavy atom. The van der Waals surface area contributed by atoms with Gasteiger partial charge in [0.2, 0.25) is 0 Å². The van der Waals surface area contributed by atoms with Crippen LogP contribution in [0, 0.1) is 5.82 Å². The number of nitrogens with two attached hydrogens (primary N) is 1. The van der Waals surface area contributed by atoms with Crippen molar-refractivity contribution in [3.63, 3.8) is 0 Å². The number of rotatable bonds is 2. The van der Waals surface area contributed by atoms with Crippen molar-refractivity contribution in [3.8, 4) is 0 Å². The molecule has 0 fully saturated rings. The molecular weight excluding hydrogens is 183 g/mol. The van der Waals surface area contributed by atoms with Gasteiger partial charge >= 0.3 is 0 Å². The van der Waals surface area contributed by atoms with Crippen molar-refractivity contribution in [1.29, 1.82) is 0 Å². The van der Waals surface area contributed by atoms with Gasteiger partial charge in [0.05, 0.1) is 11.9 Å². The molecule has 0 bridgehead atoms. The predicted octanol–water partition coefficient (Wildman–Crippen LogP) is 1.99. The summed E-state index contributed by atoms with van der Waals surface area (Å²) in [5.74, 6) is 0.357. The van der Waals surface area contributed by atoms with Gasteiger partial charge in [-0.1, -0.05) is 17.3 Å². The normalized spacial score (nSPS) is 10.4. The van der Waals surface area contributed by atoms with Crippen molar-refractivity contribution in [3.05, 3.63) is 47.6 Å². The summed E-state index contributed by atoms with van der Waals surface area (Å²) in [6.07, 6.45) is 1.99. The van der Waals surface area contributed by atoms with E-state index < -0.39 is 0 Å². The maximum absolute atomic E-state index is 12.6. The van der Waals surface area contributed by atoms with Gasteiger partial charge in [-0.2, -0.15) is 0 Å². The molecular formula is C10H9FN2O. The van der Waals surface area contributed by atoms with Crippen molar-refractivity contribution in [2.75, 3.05) is 5.73 Å². The van der Waals surface area contributed by atoms with E-state index in [1.165, 1.54) is 18.3 Å². The predicted molar refractivity (Wildman–Crippen MR) is 50.1 cm³/mol. The van der Waals surface area contributed by atoms with Crippen LogP contribution < -0.4 is 5.73 Å². The molecule has 14 heavy (non-hydrogen) atoms. The zero-order valence-electron chi connectivity index (χ0n) is 7.40. The number of hydrogen-bond acceptors (Lipinski definition) is 3. The fraction of sp³-hybridized carbons (Fsp3) is 0.100. The third-order valence-electron chi connectivity index (χ3n) is 1.95. The van der Waals surface area contributed by atoms with Crippen LogP contribution in [-0.2, 0) is 6.42 Å². The van der Waals surface area contributed by atoms with Gasteiger partial charge in [0.15, 0.2) is 5.76 Å². The summed E-state index contributed by atoms with van der Waals surface area (Å²) in [6.45, 7) is 0. The van der Waals surface area contributed by atoms with Crippen LogP contribution in [0.3, 0.4) is 0 Å². The second-order valence-corrected chi connectivity index (χ2v) is 3.01. The summed E-state index contributed by atoms with van der Waals surface area (Å²) in [7, 11) is 0. The van der Waals surface area contributed by atoms with E-state index in [-0.39, 0.29) is 5.82 Å². The van der Waals surface area contributed by atoms with Gasteiger partial charge in [0, 0.05) is 6.42 Å². The van der Waals surface area contributed by atoms with Crippen LogP contribution in [0.1, 0.15) is 11.3 Å². The SMILES string of the molecule is Nc1cnoc1Cc1ccc(F)cc1. The largest absolute Gasteiger partial charge is 0.395 e. The van der Waals surface area contributed by atoms with Crippen LogP contribution in [0.15, 0.2) is 35.0 Å². The molecule has 0 amide bonds. The monoisotopic (exact) mass is 192 g/mol. The molecule has 0 radical (unpaired) electrons. The molecule has 72 valence electrons. The topological polar surface area (TPSA) is 52.0 Å². The van der Waals surface area contributed by atoms with E-state index in [9.17, 15) is 4.39 Å². The summed E-state index contributed by atoms with van der Waals surface area (Å²) in [4.78, 5) is 0. The molecule has 4 heteroatoms. The van der Waals surface area contributed by atoms with Crippen LogP contribution in [-0.4, -0.2) is 5.16 Å². The van der Waals surface area contributed by atoms with E-state index in [0.717, 1.165) is 5.56 Å². The zero-order valence-corrected chi connectivity index (χ0v) is 7.40. The molecule has 2 N–H and O–H groups in total. The minimum absolute atomic E-state index is 0.251. The van der Waals surface area contributed by atoms with E-state index in [1.54, 1.807) is 12.1 Å². The minimum Gasteiger partial charge on any atom is -0.395 e. The number of benzene rings is 1. The van der Waals surface area contributed by atoms with Gasteiger partial charge in [-0.3, -0.25) is 0 Å². The Labute approximate surface area is 80.3 Å². The zero-order chi connectivity index (χ0) is 9.97. The summed E-state index contributed by atoms with van der Waals surface area (Å²) in [5.41, 5.74) is 7.05. The molecule has 2 rings (SSSR count). The highest BCUT2D eigenvalue weighted by Crippen LogP contribution is 2.15. The van der Waals surface area contributed by atoms with E-state index in [0.29, 0.717) is 17.9 Å². The number of nitrogen functional groups attached to an aromatic ring is 1. The Kier molecular flexibility index (Phi) is 2.18. The lowest BCUT2D eigenvalue weighted by Crippen LogP contribution is -1.91. The van der Waals surface area contributed by atoms with E-state index >= 15 is 0 Å². The van der Waals surface area contributed by atoms with Crippen molar-refractivity contribution in [1.82, 2.24) is 5.16 Å². The van der Waals surface area contributed by atoms with Crippen LogP contribution in [0.5, 0.6) is 0 Å². The first-order chi connectivity index (χ1) is 6.75. The average molecular weight is 192 g/mol. The van der Waals surface area contributed by atoms with E-state index in [4.69, 9.17) is 10.3 Å². The second-order valence-electron chi connectivity index (χ2n) is 3.01. The Morgan fingerprint density at radius 3 is 2.57 bits per heavy atom. The van der Waals surface area contributed by atoms with Gasteiger partial charge in [-0.15, -0.1) is 0 Å².